The Morgan fingerprint density at radius 1 is 1.00 bits per heavy atom. The van der Waals surface area contributed by atoms with Crippen molar-refractivity contribution in [1.29, 1.82) is 0 Å². The SMILES string of the molecule is CC(=O)N1CCN(C(=O)C=Cc2ccc(Sc3ccc4c(c3)OCO4)c(Cl)c2)CC1. The van der Waals surface area contributed by atoms with E-state index in [1.165, 1.54) is 11.8 Å². The molecular weight excluding hydrogens is 424 g/mol. The van der Waals surface area contributed by atoms with Crippen molar-refractivity contribution in [3.05, 3.63) is 53.1 Å². The molecule has 8 heteroatoms. The number of carbonyl (C=O) groups is 2. The lowest BCUT2D eigenvalue weighted by molar-refractivity contribution is -0.135. The number of hydrogen-bond acceptors (Lipinski definition) is 5. The number of benzene rings is 2. The van der Waals surface area contributed by atoms with Crippen molar-refractivity contribution >= 4 is 41.3 Å². The maximum atomic E-state index is 12.4. The van der Waals surface area contributed by atoms with Crippen LogP contribution in [0.2, 0.25) is 5.02 Å². The molecule has 0 atom stereocenters. The van der Waals surface area contributed by atoms with Crippen molar-refractivity contribution in [2.45, 2.75) is 16.7 Å². The Bertz CT molecular complexity index is 1000. The molecule has 2 aromatic rings. The molecule has 1 saturated heterocycles. The molecule has 0 saturated carbocycles. The van der Waals surface area contributed by atoms with Gasteiger partial charge in [0.05, 0.1) is 5.02 Å². The third-order valence-electron chi connectivity index (χ3n) is 4.98. The van der Waals surface area contributed by atoms with Crippen molar-refractivity contribution in [1.82, 2.24) is 9.80 Å². The zero-order valence-corrected chi connectivity index (χ0v) is 18.0. The van der Waals surface area contributed by atoms with Crippen LogP contribution < -0.4 is 9.47 Å². The van der Waals surface area contributed by atoms with Gasteiger partial charge < -0.3 is 19.3 Å². The van der Waals surface area contributed by atoms with Crippen molar-refractivity contribution in [3.8, 4) is 11.5 Å². The van der Waals surface area contributed by atoms with Crippen molar-refractivity contribution in [2.24, 2.45) is 0 Å². The Labute approximate surface area is 184 Å². The van der Waals surface area contributed by atoms with E-state index in [4.69, 9.17) is 21.1 Å². The van der Waals surface area contributed by atoms with Gasteiger partial charge in [-0.15, -0.1) is 0 Å². The van der Waals surface area contributed by atoms with Crippen LogP contribution in [0.25, 0.3) is 6.08 Å². The van der Waals surface area contributed by atoms with Gasteiger partial charge in [0.2, 0.25) is 18.6 Å². The molecule has 156 valence electrons. The summed E-state index contributed by atoms with van der Waals surface area (Å²) in [5.41, 5.74) is 0.853. The Kier molecular flexibility index (Phi) is 6.20. The molecule has 0 spiro atoms. The summed E-state index contributed by atoms with van der Waals surface area (Å²) in [6.07, 6.45) is 3.32. The predicted octanol–water partition coefficient (Wildman–Crippen LogP) is 3.92. The molecule has 1 fully saturated rings. The summed E-state index contributed by atoms with van der Waals surface area (Å²) in [5.74, 6) is 1.47. The molecular formula is C22H21ClN2O4S. The highest BCUT2D eigenvalue weighted by molar-refractivity contribution is 7.99. The van der Waals surface area contributed by atoms with Crippen molar-refractivity contribution in [2.75, 3.05) is 33.0 Å². The standard InChI is InChI=1S/C22H21ClN2O4S/c1-15(26)24-8-10-25(11-9-24)22(27)7-3-16-2-6-21(18(23)12-16)30-17-4-5-19-20(13-17)29-14-28-19/h2-7,12-13H,8-11,14H2,1H3. The van der Waals surface area contributed by atoms with E-state index in [1.54, 1.807) is 28.9 Å². The van der Waals surface area contributed by atoms with Gasteiger partial charge in [-0.05, 0) is 42.0 Å². The summed E-state index contributed by atoms with van der Waals surface area (Å²) < 4.78 is 10.8. The quantitative estimate of drug-likeness (QED) is 0.669. The second-order valence-corrected chi connectivity index (χ2v) is 8.49. The summed E-state index contributed by atoms with van der Waals surface area (Å²) in [6, 6.07) is 11.5. The zero-order valence-electron chi connectivity index (χ0n) is 16.5. The molecule has 2 heterocycles. The van der Waals surface area contributed by atoms with Crippen LogP contribution in [-0.4, -0.2) is 54.6 Å². The smallest absolute Gasteiger partial charge is 0.246 e. The average Bonchev–Trinajstić information content (AvgIpc) is 3.21. The number of rotatable bonds is 4. The van der Waals surface area contributed by atoms with Crippen LogP contribution in [0.15, 0.2) is 52.3 Å². The van der Waals surface area contributed by atoms with Crippen molar-refractivity contribution < 1.29 is 19.1 Å². The molecule has 0 unspecified atom stereocenters. The number of fused-ring (bicyclic) bond motifs is 1. The van der Waals surface area contributed by atoms with Crippen LogP contribution in [0.3, 0.4) is 0 Å². The van der Waals surface area contributed by atoms with Gasteiger partial charge in [0, 0.05) is 49.0 Å². The fourth-order valence-electron chi connectivity index (χ4n) is 3.29. The Hall–Kier alpha value is -2.64. The van der Waals surface area contributed by atoms with Crippen LogP contribution in [0.5, 0.6) is 11.5 Å². The van der Waals surface area contributed by atoms with Gasteiger partial charge in [-0.1, -0.05) is 29.4 Å². The first kappa shape index (κ1) is 20.6. The number of ether oxygens (including phenoxy) is 2. The first-order valence-corrected chi connectivity index (χ1v) is 10.8. The lowest BCUT2D eigenvalue weighted by Gasteiger charge is -2.33. The summed E-state index contributed by atoms with van der Waals surface area (Å²) in [7, 11) is 0. The molecule has 30 heavy (non-hydrogen) atoms. The van der Waals surface area contributed by atoms with Crippen LogP contribution in [0.1, 0.15) is 12.5 Å². The molecule has 2 aromatic carbocycles. The van der Waals surface area contributed by atoms with E-state index in [9.17, 15) is 9.59 Å². The normalized spacial score (nSPS) is 15.7. The minimum atomic E-state index is -0.0619. The molecule has 2 amide bonds. The molecule has 2 aliphatic rings. The highest BCUT2D eigenvalue weighted by Crippen LogP contribution is 2.40. The second-order valence-electron chi connectivity index (χ2n) is 6.97. The summed E-state index contributed by atoms with van der Waals surface area (Å²) in [5, 5.41) is 0.613. The fraction of sp³-hybridized carbons (Fsp3) is 0.273. The highest BCUT2D eigenvalue weighted by Gasteiger charge is 2.20. The third-order valence-corrected chi connectivity index (χ3v) is 6.47. The number of piperazine rings is 1. The number of amides is 2. The Morgan fingerprint density at radius 2 is 1.73 bits per heavy atom. The number of carbonyl (C=O) groups excluding carboxylic acids is 2. The maximum Gasteiger partial charge on any atom is 0.246 e. The van der Waals surface area contributed by atoms with Gasteiger partial charge in [0.15, 0.2) is 11.5 Å². The number of nitrogens with zero attached hydrogens (tertiary/aromatic N) is 2. The molecule has 6 nitrogen and oxygen atoms in total. The monoisotopic (exact) mass is 444 g/mol. The van der Waals surface area contributed by atoms with E-state index in [0.29, 0.717) is 31.2 Å². The first-order valence-electron chi connectivity index (χ1n) is 9.59. The molecule has 4 rings (SSSR count). The number of hydrogen-bond donors (Lipinski definition) is 0. The second kappa shape index (κ2) is 9.02. The molecule has 0 N–H and O–H groups in total. The van der Waals surface area contributed by atoms with Crippen LogP contribution in [-0.2, 0) is 9.59 Å². The van der Waals surface area contributed by atoms with Crippen molar-refractivity contribution in [3.63, 3.8) is 0 Å². The fourth-order valence-corrected chi connectivity index (χ4v) is 4.44. The van der Waals surface area contributed by atoms with Gasteiger partial charge in [0.25, 0.3) is 0 Å². The molecule has 0 bridgehead atoms. The molecule has 0 radical (unpaired) electrons. The van der Waals surface area contributed by atoms with Gasteiger partial charge in [-0.25, -0.2) is 0 Å². The van der Waals surface area contributed by atoms with Crippen LogP contribution in [0.4, 0.5) is 0 Å². The van der Waals surface area contributed by atoms with E-state index in [2.05, 4.69) is 0 Å². The Balaban J connectivity index is 1.37. The maximum absolute atomic E-state index is 12.4. The van der Waals surface area contributed by atoms with E-state index < -0.39 is 0 Å². The zero-order chi connectivity index (χ0) is 21.1. The minimum absolute atomic E-state index is 0.0472. The summed E-state index contributed by atoms with van der Waals surface area (Å²) in [4.78, 5) is 29.2. The van der Waals surface area contributed by atoms with Gasteiger partial charge in [-0.3, -0.25) is 9.59 Å². The number of halogens is 1. The van der Waals surface area contributed by atoms with Crippen LogP contribution in [0, 0.1) is 0 Å². The highest BCUT2D eigenvalue weighted by atomic mass is 35.5. The molecule has 2 aliphatic heterocycles. The lowest BCUT2D eigenvalue weighted by Crippen LogP contribution is -2.49. The van der Waals surface area contributed by atoms with E-state index in [-0.39, 0.29) is 18.6 Å². The average molecular weight is 445 g/mol. The largest absolute Gasteiger partial charge is 0.454 e. The van der Waals surface area contributed by atoms with Gasteiger partial charge in [-0.2, -0.15) is 0 Å². The lowest BCUT2D eigenvalue weighted by atomic mass is 10.2. The minimum Gasteiger partial charge on any atom is -0.454 e. The molecule has 0 aromatic heterocycles. The third kappa shape index (κ3) is 4.74. The summed E-state index contributed by atoms with van der Waals surface area (Å²) in [6.45, 7) is 4.05. The summed E-state index contributed by atoms with van der Waals surface area (Å²) >= 11 is 8.00. The predicted molar refractivity (Wildman–Crippen MR) is 116 cm³/mol. The Morgan fingerprint density at radius 3 is 2.47 bits per heavy atom. The van der Waals surface area contributed by atoms with E-state index in [1.807, 2.05) is 36.4 Å². The first-order chi connectivity index (χ1) is 14.5. The van der Waals surface area contributed by atoms with E-state index >= 15 is 0 Å². The van der Waals surface area contributed by atoms with Gasteiger partial charge >= 0.3 is 0 Å². The van der Waals surface area contributed by atoms with E-state index in [0.717, 1.165) is 26.9 Å². The van der Waals surface area contributed by atoms with Crippen LogP contribution >= 0.6 is 23.4 Å². The van der Waals surface area contributed by atoms with Gasteiger partial charge in [0.1, 0.15) is 0 Å². The molecule has 0 aliphatic carbocycles. The topological polar surface area (TPSA) is 59.1 Å².